The number of para-hydroxylation sites is 1. The van der Waals surface area contributed by atoms with Crippen LogP contribution < -0.4 is 4.74 Å². The molecule has 0 spiro atoms. The van der Waals surface area contributed by atoms with E-state index < -0.39 is 0 Å². The summed E-state index contributed by atoms with van der Waals surface area (Å²) in [5.41, 5.74) is 1.06. The zero-order valence-corrected chi connectivity index (χ0v) is 11.7. The van der Waals surface area contributed by atoms with Crippen molar-refractivity contribution in [3.63, 3.8) is 0 Å². The van der Waals surface area contributed by atoms with Crippen molar-refractivity contribution in [2.45, 2.75) is 12.8 Å². The fourth-order valence-electron chi connectivity index (χ4n) is 2.26. The highest BCUT2D eigenvalue weighted by Gasteiger charge is 2.14. The molecule has 0 radical (unpaired) electrons. The van der Waals surface area contributed by atoms with Gasteiger partial charge in [0.15, 0.2) is 5.75 Å². The van der Waals surface area contributed by atoms with Crippen LogP contribution >= 0.6 is 11.8 Å². The summed E-state index contributed by atoms with van der Waals surface area (Å²) in [6.07, 6.45) is 6.36. The number of hydrogen-bond donors (Lipinski definition) is 0. The Labute approximate surface area is 118 Å². The van der Waals surface area contributed by atoms with Gasteiger partial charge in [-0.2, -0.15) is 16.9 Å². The zero-order chi connectivity index (χ0) is 12.9. The van der Waals surface area contributed by atoms with E-state index in [2.05, 4.69) is 5.10 Å². The standard InChI is InChI=1S/C15H18N2OS/c1-2-6-14(7-3-1)17-10-15(9-16-17)18-11-13-5-4-8-19-12-13/h1-3,6-7,9-10,13H,4-5,8,11-12H2. The van der Waals surface area contributed by atoms with E-state index in [1.807, 2.05) is 53.0 Å². The molecule has 1 unspecified atom stereocenters. The Morgan fingerprint density at radius 1 is 1.32 bits per heavy atom. The van der Waals surface area contributed by atoms with E-state index in [9.17, 15) is 0 Å². The number of thioether (sulfide) groups is 1. The summed E-state index contributed by atoms with van der Waals surface area (Å²) >= 11 is 2.04. The molecule has 1 atom stereocenters. The third-order valence-corrected chi connectivity index (χ3v) is 4.60. The monoisotopic (exact) mass is 274 g/mol. The average molecular weight is 274 g/mol. The van der Waals surface area contributed by atoms with Crippen LogP contribution in [0.25, 0.3) is 5.69 Å². The van der Waals surface area contributed by atoms with E-state index in [1.165, 1.54) is 24.3 Å². The van der Waals surface area contributed by atoms with Gasteiger partial charge in [-0.1, -0.05) is 18.2 Å². The number of ether oxygens (including phenoxy) is 1. The SMILES string of the molecule is c1ccc(-n2cc(OCC3CCCSC3)cn2)cc1. The normalized spacial score (nSPS) is 19.3. The lowest BCUT2D eigenvalue weighted by Crippen LogP contribution is -2.18. The van der Waals surface area contributed by atoms with Crippen molar-refractivity contribution in [2.24, 2.45) is 5.92 Å². The summed E-state index contributed by atoms with van der Waals surface area (Å²) in [5, 5.41) is 4.34. The molecule has 3 rings (SSSR count). The van der Waals surface area contributed by atoms with Gasteiger partial charge < -0.3 is 4.74 Å². The molecule has 4 heteroatoms. The Balaban J connectivity index is 1.59. The minimum absolute atomic E-state index is 0.693. The Hall–Kier alpha value is -1.42. The minimum Gasteiger partial charge on any atom is -0.490 e. The van der Waals surface area contributed by atoms with Crippen molar-refractivity contribution in [1.29, 1.82) is 0 Å². The molecule has 100 valence electrons. The predicted molar refractivity (Wildman–Crippen MR) is 79.1 cm³/mol. The largest absolute Gasteiger partial charge is 0.490 e. The molecule has 0 N–H and O–H groups in total. The first-order chi connectivity index (χ1) is 9.42. The number of benzene rings is 1. The molecule has 2 aromatic rings. The average Bonchev–Trinajstić information content (AvgIpc) is 2.96. The van der Waals surface area contributed by atoms with E-state index in [-0.39, 0.29) is 0 Å². The Bertz CT molecular complexity index is 506. The van der Waals surface area contributed by atoms with Gasteiger partial charge in [-0.3, -0.25) is 0 Å². The summed E-state index contributed by atoms with van der Waals surface area (Å²) in [4.78, 5) is 0. The van der Waals surface area contributed by atoms with Gasteiger partial charge in [-0.15, -0.1) is 0 Å². The van der Waals surface area contributed by atoms with Gasteiger partial charge in [0, 0.05) is 5.92 Å². The van der Waals surface area contributed by atoms with Gasteiger partial charge in [-0.05, 0) is 36.5 Å². The molecule has 0 aliphatic carbocycles. The minimum atomic E-state index is 0.693. The summed E-state index contributed by atoms with van der Waals surface area (Å²) in [7, 11) is 0. The molecule has 1 saturated heterocycles. The molecule has 1 aliphatic heterocycles. The van der Waals surface area contributed by atoms with Crippen LogP contribution in [0.3, 0.4) is 0 Å². The van der Waals surface area contributed by atoms with E-state index in [4.69, 9.17) is 4.74 Å². The maximum atomic E-state index is 5.85. The van der Waals surface area contributed by atoms with Crippen LogP contribution in [0.1, 0.15) is 12.8 Å². The van der Waals surface area contributed by atoms with Crippen LogP contribution in [0.15, 0.2) is 42.7 Å². The lowest BCUT2D eigenvalue weighted by molar-refractivity contribution is 0.252. The van der Waals surface area contributed by atoms with Crippen LogP contribution in [0.5, 0.6) is 5.75 Å². The highest BCUT2D eigenvalue weighted by molar-refractivity contribution is 7.99. The van der Waals surface area contributed by atoms with Crippen LogP contribution in [-0.2, 0) is 0 Å². The molecule has 0 bridgehead atoms. The lowest BCUT2D eigenvalue weighted by Gasteiger charge is -2.20. The van der Waals surface area contributed by atoms with Gasteiger partial charge in [0.1, 0.15) is 0 Å². The number of nitrogens with zero attached hydrogens (tertiary/aromatic N) is 2. The van der Waals surface area contributed by atoms with Crippen LogP contribution in [0.4, 0.5) is 0 Å². The number of aromatic nitrogens is 2. The van der Waals surface area contributed by atoms with Crippen molar-refractivity contribution in [3.05, 3.63) is 42.7 Å². The lowest BCUT2D eigenvalue weighted by atomic mass is 10.1. The third kappa shape index (κ3) is 3.32. The fourth-order valence-corrected chi connectivity index (χ4v) is 3.39. The summed E-state index contributed by atoms with van der Waals surface area (Å²) < 4.78 is 7.70. The molecule has 2 heterocycles. The van der Waals surface area contributed by atoms with E-state index in [0.717, 1.165) is 18.0 Å². The topological polar surface area (TPSA) is 27.1 Å². The highest BCUT2D eigenvalue weighted by atomic mass is 32.2. The van der Waals surface area contributed by atoms with Crippen molar-refractivity contribution in [1.82, 2.24) is 9.78 Å². The van der Waals surface area contributed by atoms with E-state index >= 15 is 0 Å². The smallest absolute Gasteiger partial charge is 0.157 e. The molecule has 3 nitrogen and oxygen atoms in total. The maximum absolute atomic E-state index is 5.85. The Morgan fingerprint density at radius 2 is 2.21 bits per heavy atom. The maximum Gasteiger partial charge on any atom is 0.157 e. The predicted octanol–water partition coefficient (Wildman–Crippen LogP) is 3.39. The van der Waals surface area contributed by atoms with Crippen LogP contribution in [0, 0.1) is 5.92 Å². The van der Waals surface area contributed by atoms with Gasteiger partial charge in [0.05, 0.1) is 24.7 Å². The molecule has 1 aromatic carbocycles. The molecule has 1 aromatic heterocycles. The zero-order valence-electron chi connectivity index (χ0n) is 10.9. The second-order valence-corrected chi connectivity index (χ2v) is 6.00. The van der Waals surface area contributed by atoms with Crippen molar-refractivity contribution in [2.75, 3.05) is 18.1 Å². The first-order valence-electron chi connectivity index (χ1n) is 6.72. The molecular formula is C15H18N2OS. The van der Waals surface area contributed by atoms with Crippen molar-refractivity contribution < 1.29 is 4.74 Å². The molecule has 0 saturated carbocycles. The van der Waals surface area contributed by atoms with Crippen molar-refractivity contribution >= 4 is 11.8 Å². The first kappa shape index (κ1) is 12.6. The van der Waals surface area contributed by atoms with Crippen LogP contribution in [-0.4, -0.2) is 27.9 Å². The quantitative estimate of drug-likeness (QED) is 0.855. The molecule has 0 amide bonds. The van der Waals surface area contributed by atoms with Gasteiger partial charge in [-0.25, -0.2) is 4.68 Å². The summed E-state index contributed by atoms with van der Waals surface area (Å²) in [5.74, 6) is 4.09. The van der Waals surface area contributed by atoms with E-state index in [0.29, 0.717) is 5.92 Å². The Morgan fingerprint density at radius 3 is 3.00 bits per heavy atom. The van der Waals surface area contributed by atoms with E-state index in [1.54, 1.807) is 6.20 Å². The van der Waals surface area contributed by atoms with Gasteiger partial charge in [0.2, 0.25) is 0 Å². The Kier molecular flexibility index (Phi) is 4.08. The highest BCUT2D eigenvalue weighted by Crippen LogP contribution is 2.23. The number of rotatable bonds is 4. The molecular weight excluding hydrogens is 256 g/mol. The van der Waals surface area contributed by atoms with Gasteiger partial charge >= 0.3 is 0 Å². The van der Waals surface area contributed by atoms with Gasteiger partial charge in [0.25, 0.3) is 0 Å². The second kappa shape index (κ2) is 6.15. The van der Waals surface area contributed by atoms with Crippen molar-refractivity contribution in [3.8, 4) is 11.4 Å². The molecule has 1 fully saturated rings. The second-order valence-electron chi connectivity index (χ2n) is 4.85. The van der Waals surface area contributed by atoms with Crippen LogP contribution in [0.2, 0.25) is 0 Å². The fraction of sp³-hybridized carbons (Fsp3) is 0.400. The number of hydrogen-bond acceptors (Lipinski definition) is 3. The third-order valence-electron chi connectivity index (χ3n) is 3.32. The summed E-state index contributed by atoms with van der Waals surface area (Å²) in [6.45, 7) is 0.813. The first-order valence-corrected chi connectivity index (χ1v) is 7.88. The summed E-state index contributed by atoms with van der Waals surface area (Å²) in [6, 6.07) is 10.1. The molecule has 19 heavy (non-hydrogen) atoms. The molecule has 1 aliphatic rings.